The molecule has 1 amide bonds. The van der Waals surface area contributed by atoms with Crippen LogP contribution < -0.4 is 5.32 Å². The van der Waals surface area contributed by atoms with Crippen LogP contribution in [0, 0.1) is 10.8 Å². The SMILES string of the molecule is CC.CN1CCc2noc(C(=O)NC3CCC4(C)CC34C)c2C1. The Kier molecular flexibility index (Phi) is 4.03. The van der Waals surface area contributed by atoms with Gasteiger partial charge in [-0.2, -0.15) is 0 Å². The number of amides is 1. The molecule has 5 heteroatoms. The Morgan fingerprint density at radius 2 is 2.13 bits per heavy atom. The predicted molar refractivity (Wildman–Crippen MR) is 89.2 cm³/mol. The van der Waals surface area contributed by atoms with Gasteiger partial charge in [0, 0.05) is 31.1 Å². The minimum atomic E-state index is -0.0820. The van der Waals surface area contributed by atoms with Crippen molar-refractivity contribution >= 4 is 5.91 Å². The van der Waals surface area contributed by atoms with Gasteiger partial charge in [0.2, 0.25) is 5.76 Å². The first-order valence-electron chi connectivity index (χ1n) is 8.90. The quantitative estimate of drug-likeness (QED) is 0.910. The van der Waals surface area contributed by atoms with Crippen LogP contribution in [0.25, 0.3) is 0 Å². The third-order valence-corrected chi connectivity index (χ3v) is 6.30. The number of carbonyl (C=O) groups excluding carboxylic acids is 1. The van der Waals surface area contributed by atoms with Crippen molar-refractivity contribution in [3.05, 3.63) is 17.0 Å². The lowest BCUT2D eigenvalue weighted by molar-refractivity contribution is 0.0882. The van der Waals surface area contributed by atoms with Gasteiger partial charge in [0.05, 0.1) is 5.69 Å². The van der Waals surface area contributed by atoms with Crippen molar-refractivity contribution < 1.29 is 9.32 Å². The minimum Gasteiger partial charge on any atom is -0.350 e. The Balaban J connectivity index is 0.000000753. The van der Waals surface area contributed by atoms with Gasteiger partial charge in [-0.25, -0.2) is 0 Å². The van der Waals surface area contributed by atoms with Crippen molar-refractivity contribution in [2.75, 3.05) is 13.6 Å². The molecule has 4 rings (SSSR count). The molecule has 0 radical (unpaired) electrons. The lowest BCUT2D eigenvalue weighted by Crippen LogP contribution is -2.39. The molecule has 1 aromatic rings. The highest BCUT2D eigenvalue weighted by atomic mass is 16.5. The Hall–Kier alpha value is -1.36. The number of aromatic nitrogens is 1. The van der Waals surface area contributed by atoms with Crippen LogP contribution >= 0.6 is 0 Å². The molecule has 3 unspecified atom stereocenters. The highest BCUT2D eigenvalue weighted by Crippen LogP contribution is 2.72. The molecule has 0 saturated heterocycles. The molecule has 3 aliphatic rings. The summed E-state index contributed by atoms with van der Waals surface area (Å²) in [7, 11) is 2.06. The number of rotatable bonds is 2. The normalized spacial score (nSPS) is 34.9. The molecular formula is C18H29N3O2. The number of fused-ring (bicyclic) bond motifs is 2. The number of carbonyl (C=O) groups is 1. The Morgan fingerprint density at radius 1 is 1.39 bits per heavy atom. The molecule has 128 valence electrons. The summed E-state index contributed by atoms with van der Waals surface area (Å²) in [5, 5.41) is 7.30. The second kappa shape index (κ2) is 5.62. The first-order valence-corrected chi connectivity index (χ1v) is 8.90. The Labute approximate surface area is 138 Å². The molecule has 0 aromatic carbocycles. The van der Waals surface area contributed by atoms with Crippen LogP contribution in [-0.4, -0.2) is 35.6 Å². The molecule has 5 nitrogen and oxygen atoms in total. The molecule has 23 heavy (non-hydrogen) atoms. The van der Waals surface area contributed by atoms with Crippen LogP contribution in [0.1, 0.15) is 68.8 Å². The third-order valence-electron chi connectivity index (χ3n) is 6.30. The van der Waals surface area contributed by atoms with Gasteiger partial charge in [0.25, 0.3) is 5.91 Å². The maximum absolute atomic E-state index is 12.6. The average molecular weight is 319 g/mol. The van der Waals surface area contributed by atoms with Crippen LogP contribution in [0.3, 0.4) is 0 Å². The lowest BCUT2D eigenvalue weighted by atomic mass is 9.97. The average Bonchev–Trinajstić information content (AvgIpc) is 2.83. The second-order valence-corrected chi connectivity index (χ2v) is 7.64. The van der Waals surface area contributed by atoms with E-state index in [1.807, 2.05) is 13.8 Å². The summed E-state index contributed by atoms with van der Waals surface area (Å²) < 4.78 is 5.36. The number of likely N-dealkylation sites (N-methyl/N-ethyl adjacent to an activating group) is 1. The molecule has 2 aliphatic carbocycles. The summed E-state index contributed by atoms with van der Waals surface area (Å²) in [6, 6.07) is 0.275. The van der Waals surface area contributed by atoms with Crippen LogP contribution in [0.4, 0.5) is 0 Å². The highest BCUT2D eigenvalue weighted by Gasteiger charge is 2.68. The molecule has 1 aliphatic heterocycles. The summed E-state index contributed by atoms with van der Waals surface area (Å²) in [6.45, 7) is 10.4. The number of hydrogen-bond donors (Lipinski definition) is 1. The van der Waals surface area contributed by atoms with E-state index in [9.17, 15) is 4.79 Å². The second-order valence-electron chi connectivity index (χ2n) is 7.64. The Bertz CT molecular complexity index is 607. The standard InChI is InChI=1S/C16H23N3O2.C2H6/c1-15-6-4-12(16(15,2)9-15)17-14(20)13-10-8-19(3)7-5-11(10)18-21-13;1-2/h12H,4-9H2,1-3H3,(H,17,20);1-2H3. The summed E-state index contributed by atoms with van der Waals surface area (Å²) in [6.07, 6.45) is 4.38. The first kappa shape index (κ1) is 16.5. The fourth-order valence-electron chi connectivity index (χ4n) is 4.45. The van der Waals surface area contributed by atoms with E-state index in [4.69, 9.17) is 4.52 Å². The molecule has 2 heterocycles. The van der Waals surface area contributed by atoms with Crippen molar-refractivity contribution in [2.24, 2.45) is 10.8 Å². The summed E-state index contributed by atoms with van der Waals surface area (Å²) in [5.74, 6) is 0.343. The fourth-order valence-corrected chi connectivity index (χ4v) is 4.45. The molecule has 3 atom stereocenters. The van der Waals surface area contributed by atoms with Gasteiger partial charge in [-0.05, 0) is 37.1 Å². The van der Waals surface area contributed by atoms with Crippen LogP contribution in [0.2, 0.25) is 0 Å². The van der Waals surface area contributed by atoms with E-state index in [1.54, 1.807) is 0 Å². The van der Waals surface area contributed by atoms with Crippen LogP contribution in [0.5, 0.6) is 0 Å². The minimum absolute atomic E-state index is 0.0820. The largest absolute Gasteiger partial charge is 0.350 e. The van der Waals surface area contributed by atoms with E-state index in [-0.39, 0.29) is 17.4 Å². The summed E-state index contributed by atoms with van der Waals surface area (Å²) in [4.78, 5) is 14.8. The molecule has 0 spiro atoms. The topological polar surface area (TPSA) is 58.4 Å². The van der Waals surface area contributed by atoms with Crippen molar-refractivity contribution in [2.45, 2.75) is 66.0 Å². The predicted octanol–water partition coefficient (Wildman–Crippen LogP) is 3.00. The maximum atomic E-state index is 12.6. The van der Waals surface area contributed by atoms with Gasteiger partial charge in [-0.1, -0.05) is 32.9 Å². The van der Waals surface area contributed by atoms with Gasteiger partial charge in [-0.3, -0.25) is 4.79 Å². The molecule has 1 N–H and O–H groups in total. The zero-order valence-electron chi connectivity index (χ0n) is 15.0. The number of nitrogens with zero attached hydrogens (tertiary/aromatic N) is 2. The van der Waals surface area contributed by atoms with Gasteiger partial charge in [0.15, 0.2) is 0 Å². The van der Waals surface area contributed by atoms with Gasteiger partial charge in [-0.15, -0.1) is 0 Å². The molecule has 2 saturated carbocycles. The lowest BCUT2D eigenvalue weighted by Gasteiger charge is -2.23. The molecule has 0 bridgehead atoms. The zero-order valence-corrected chi connectivity index (χ0v) is 15.0. The van der Waals surface area contributed by atoms with Crippen molar-refractivity contribution in [3.8, 4) is 0 Å². The van der Waals surface area contributed by atoms with Gasteiger partial charge >= 0.3 is 0 Å². The van der Waals surface area contributed by atoms with Gasteiger partial charge < -0.3 is 14.7 Å². The van der Waals surface area contributed by atoms with E-state index in [1.165, 1.54) is 12.8 Å². The number of nitrogens with one attached hydrogen (secondary N) is 1. The van der Waals surface area contributed by atoms with E-state index >= 15 is 0 Å². The first-order chi connectivity index (χ1) is 10.9. The van der Waals surface area contributed by atoms with Crippen LogP contribution in [0.15, 0.2) is 4.52 Å². The molecule has 1 aromatic heterocycles. The van der Waals surface area contributed by atoms with Crippen LogP contribution in [-0.2, 0) is 13.0 Å². The maximum Gasteiger partial charge on any atom is 0.290 e. The fraction of sp³-hybridized carbons (Fsp3) is 0.778. The van der Waals surface area contributed by atoms with E-state index in [0.29, 0.717) is 11.2 Å². The van der Waals surface area contributed by atoms with Gasteiger partial charge in [0.1, 0.15) is 0 Å². The third kappa shape index (κ3) is 2.49. The van der Waals surface area contributed by atoms with Crippen molar-refractivity contribution in [1.82, 2.24) is 15.4 Å². The Morgan fingerprint density at radius 3 is 2.74 bits per heavy atom. The van der Waals surface area contributed by atoms with E-state index in [2.05, 4.69) is 36.3 Å². The van der Waals surface area contributed by atoms with E-state index in [0.717, 1.165) is 37.2 Å². The zero-order chi connectivity index (χ0) is 16.8. The summed E-state index contributed by atoms with van der Waals surface area (Å²) >= 11 is 0. The smallest absolute Gasteiger partial charge is 0.290 e. The molecule has 2 fully saturated rings. The van der Waals surface area contributed by atoms with E-state index < -0.39 is 0 Å². The van der Waals surface area contributed by atoms with Crippen molar-refractivity contribution in [1.29, 1.82) is 0 Å². The van der Waals surface area contributed by atoms with Crippen molar-refractivity contribution in [3.63, 3.8) is 0 Å². The summed E-state index contributed by atoms with van der Waals surface area (Å²) in [5.41, 5.74) is 2.64. The number of hydrogen-bond acceptors (Lipinski definition) is 4. The molecular weight excluding hydrogens is 290 g/mol. The monoisotopic (exact) mass is 319 g/mol. The highest BCUT2D eigenvalue weighted by molar-refractivity contribution is 5.93.